The molecule has 0 aliphatic carbocycles. The smallest absolute Gasteiger partial charge is 0.263 e. The molecule has 1 heterocycles. The maximum atomic E-state index is 5.21. The number of aromatic amines is 1. The fourth-order valence-electron chi connectivity index (χ4n) is 1.26. The van der Waals surface area contributed by atoms with Crippen molar-refractivity contribution in [3.8, 4) is 5.75 Å². The second-order valence-electron chi connectivity index (χ2n) is 2.90. The van der Waals surface area contributed by atoms with E-state index in [0.29, 0.717) is 12.5 Å². The van der Waals surface area contributed by atoms with E-state index in [1.807, 2.05) is 24.3 Å². The fourth-order valence-corrected chi connectivity index (χ4v) is 1.26. The number of hydrogen-bond acceptors (Lipinski definition) is 5. The van der Waals surface area contributed by atoms with Crippen molar-refractivity contribution in [1.82, 2.24) is 20.6 Å². The lowest BCUT2D eigenvalue weighted by Gasteiger charge is -2.07. The lowest BCUT2D eigenvalue weighted by molar-refractivity contribution is 0.410. The van der Waals surface area contributed by atoms with Gasteiger partial charge in [-0.15, -0.1) is 17.5 Å². The highest BCUT2D eigenvalue weighted by atomic mass is 35.5. The van der Waals surface area contributed by atoms with Gasteiger partial charge in [-0.1, -0.05) is 23.3 Å². The second-order valence-corrected chi connectivity index (χ2v) is 2.90. The van der Waals surface area contributed by atoms with Crippen LogP contribution in [0.4, 0.5) is 5.95 Å². The Morgan fingerprint density at radius 3 is 2.88 bits per heavy atom. The lowest BCUT2D eigenvalue weighted by atomic mass is 10.2. The van der Waals surface area contributed by atoms with Crippen molar-refractivity contribution in [3.05, 3.63) is 29.8 Å². The van der Waals surface area contributed by atoms with Crippen molar-refractivity contribution in [1.29, 1.82) is 0 Å². The van der Waals surface area contributed by atoms with E-state index in [0.717, 1.165) is 11.3 Å². The number of tetrazole rings is 1. The van der Waals surface area contributed by atoms with E-state index in [9.17, 15) is 0 Å². The number of ether oxygens (including phenoxy) is 1. The molecule has 2 rings (SSSR count). The molecule has 7 heteroatoms. The van der Waals surface area contributed by atoms with Gasteiger partial charge >= 0.3 is 0 Å². The van der Waals surface area contributed by atoms with Gasteiger partial charge in [-0.05, 0) is 11.3 Å². The van der Waals surface area contributed by atoms with E-state index < -0.39 is 0 Å². The third kappa shape index (κ3) is 2.83. The first-order chi connectivity index (χ1) is 7.40. The number of H-pyrrole nitrogens is 1. The van der Waals surface area contributed by atoms with Crippen LogP contribution in [0, 0.1) is 0 Å². The molecule has 0 bridgehead atoms. The Labute approximate surface area is 98.8 Å². The van der Waals surface area contributed by atoms with Crippen molar-refractivity contribution >= 4 is 18.4 Å². The SMILES string of the molecule is COc1ccccc1CNc1nn[nH]n1.Cl. The summed E-state index contributed by atoms with van der Waals surface area (Å²) in [4.78, 5) is 0. The molecule has 0 fully saturated rings. The number of para-hydroxylation sites is 1. The van der Waals surface area contributed by atoms with Gasteiger partial charge < -0.3 is 10.1 Å². The van der Waals surface area contributed by atoms with Gasteiger partial charge in [-0.3, -0.25) is 0 Å². The molecule has 0 spiro atoms. The summed E-state index contributed by atoms with van der Waals surface area (Å²) >= 11 is 0. The monoisotopic (exact) mass is 241 g/mol. The highest BCUT2D eigenvalue weighted by Gasteiger charge is 2.02. The van der Waals surface area contributed by atoms with Gasteiger partial charge in [0.05, 0.1) is 7.11 Å². The Morgan fingerprint density at radius 2 is 2.19 bits per heavy atom. The summed E-state index contributed by atoms with van der Waals surface area (Å²) in [5.41, 5.74) is 1.05. The summed E-state index contributed by atoms with van der Waals surface area (Å²) in [6.45, 7) is 0.601. The van der Waals surface area contributed by atoms with E-state index in [1.54, 1.807) is 7.11 Å². The molecule has 16 heavy (non-hydrogen) atoms. The van der Waals surface area contributed by atoms with Gasteiger partial charge in [-0.25, -0.2) is 0 Å². The van der Waals surface area contributed by atoms with Gasteiger partial charge in [-0.2, -0.15) is 5.21 Å². The minimum absolute atomic E-state index is 0. The molecule has 0 atom stereocenters. The molecule has 0 aliphatic heterocycles. The van der Waals surface area contributed by atoms with Crippen LogP contribution < -0.4 is 10.1 Å². The van der Waals surface area contributed by atoms with Crippen LogP contribution in [0.5, 0.6) is 5.75 Å². The topological polar surface area (TPSA) is 75.7 Å². The minimum atomic E-state index is 0. The van der Waals surface area contributed by atoms with Crippen LogP contribution in [0.1, 0.15) is 5.56 Å². The summed E-state index contributed by atoms with van der Waals surface area (Å²) in [6.07, 6.45) is 0. The third-order valence-corrected chi connectivity index (χ3v) is 1.97. The molecular weight excluding hydrogens is 230 g/mol. The van der Waals surface area contributed by atoms with Gasteiger partial charge in [0, 0.05) is 12.1 Å². The fraction of sp³-hybridized carbons (Fsp3) is 0.222. The van der Waals surface area contributed by atoms with Crippen LogP contribution in [-0.4, -0.2) is 27.7 Å². The van der Waals surface area contributed by atoms with Crippen molar-refractivity contribution in [3.63, 3.8) is 0 Å². The number of rotatable bonds is 4. The van der Waals surface area contributed by atoms with Crippen molar-refractivity contribution in [2.45, 2.75) is 6.54 Å². The quantitative estimate of drug-likeness (QED) is 0.842. The Bertz CT molecular complexity index is 420. The highest BCUT2D eigenvalue weighted by Crippen LogP contribution is 2.17. The average molecular weight is 242 g/mol. The van der Waals surface area contributed by atoms with E-state index in [4.69, 9.17) is 4.74 Å². The molecular formula is C9H12ClN5O. The lowest BCUT2D eigenvalue weighted by Crippen LogP contribution is -2.02. The highest BCUT2D eigenvalue weighted by molar-refractivity contribution is 5.85. The number of aromatic nitrogens is 4. The number of anilines is 1. The van der Waals surface area contributed by atoms with Crippen LogP contribution in [0.15, 0.2) is 24.3 Å². The Morgan fingerprint density at radius 1 is 1.38 bits per heavy atom. The number of hydrogen-bond donors (Lipinski definition) is 2. The third-order valence-electron chi connectivity index (χ3n) is 1.97. The molecule has 86 valence electrons. The number of nitrogens with zero attached hydrogens (tertiary/aromatic N) is 3. The van der Waals surface area contributed by atoms with Crippen molar-refractivity contribution in [2.24, 2.45) is 0 Å². The van der Waals surface area contributed by atoms with Crippen LogP contribution >= 0.6 is 12.4 Å². The van der Waals surface area contributed by atoms with E-state index in [1.165, 1.54) is 0 Å². The van der Waals surface area contributed by atoms with Gasteiger partial charge in [0.15, 0.2) is 0 Å². The summed E-state index contributed by atoms with van der Waals surface area (Å²) in [7, 11) is 1.65. The zero-order chi connectivity index (χ0) is 10.5. The van der Waals surface area contributed by atoms with Gasteiger partial charge in [0.2, 0.25) is 0 Å². The molecule has 0 unspecified atom stereocenters. The van der Waals surface area contributed by atoms with E-state index in [-0.39, 0.29) is 12.4 Å². The molecule has 6 nitrogen and oxygen atoms in total. The Hall–Kier alpha value is -1.82. The molecule has 2 aromatic rings. The van der Waals surface area contributed by atoms with Crippen LogP contribution in [-0.2, 0) is 6.54 Å². The predicted molar refractivity (Wildman–Crippen MR) is 61.7 cm³/mol. The Balaban J connectivity index is 0.00000128. The summed E-state index contributed by atoms with van der Waals surface area (Å²) in [6, 6.07) is 7.77. The number of methoxy groups -OCH3 is 1. The van der Waals surface area contributed by atoms with Gasteiger partial charge in [0.25, 0.3) is 5.95 Å². The molecule has 0 aliphatic rings. The van der Waals surface area contributed by atoms with Crippen molar-refractivity contribution < 1.29 is 4.74 Å². The largest absolute Gasteiger partial charge is 0.496 e. The van der Waals surface area contributed by atoms with E-state index in [2.05, 4.69) is 25.9 Å². The van der Waals surface area contributed by atoms with Crippen LogP contribution in [0.2, 0.25) is 0 Å². The molecule has 0 saturated heterocycles. The van der Waals surface area contributed by atoms with Crippen LogP contribution in [0.3, 0.4) is 0 Å². The normalized spacial score (nSPS) is 9.31. The zero-order valence-corrected chi connectivity index (χ0v) is 9.49. The first-order valence-electron chi connectivity index (χ1n) is 4.49. The minimum Gasteiger partial charge on any atom is -0.496 e. The molecule has 0 saturated carbocycles. The first-order valence-corrected chi connectivity index (χ1v) is 4.49. The zero-order valence-electron chi connectivity index (χ0n) is 8.67. The van der Waals surface area contributed by atoms with Crippen molar-refractivity contribution in [2.75, 3.05) is 12.4 Å². The number of nitrogens with one attached hydrogen (secondary N) is 2. The van der Waals surface area contributed by atoms with E-state index >= 15 is 0 Å². The summed E-state index contributed by atoms with van der Waals surface area (Å²) < 4.78 is 5.21. The molecule has 1 aromatic carbocycles. The Kier molecular flexibility index (Phi) is 4.53. The average Bonchev–Trinajstić information content (AvgIpc) is 2.79. The first kappa shape index (κ1) is 12.3. The molecule has 1 aromatic heterocycles. The second kappa shape index (κ2) is 5.92. The predicted octanol–water partition coefficient (Wildman–Crippen LogP) is 1.24. The molecule has 0 radical (unpaired) electrons. The van der Waals surface area contributed by atoms with Gasteiger partial charge in [0.1, 0.15) is 5.75 Å². The molecule has 0 amide bonds. The summed E-state index contributed by atoms with van der Waals surface area (Å²) in [5.74, 6) is 1.31. The summed E-state index contributed by atoms with van der Waals surface area (Å²) in [5, 5.41) is 16.4. The standard InChI is InChI=1S/C9H11N5O.ClH/c1-15-8-5-3-2-4-7(8)6-10-9-11-13-14-12-9;/h2-5H,6H2,1H3,(H2,10,11,12,13,14);1H. The molecule has 2 N–H and O–H groups in total. The number of benzene rings is 1. The maximum absolute atomic E-state index is 5.21. The number of halogens is 1. The van der Waals surface area contributed by atoms with Crippen LogP contribution in [0.25, 0.3) is 0 Å². The maximum Gasteiger partial charge on any atom is 0.263 e.